The van der Waals surface area contributed by atoms with Crippen molar-refractivity contribution < 1.29 is 13.5 Å². The molecule has 0 spiro atoms. The Balaban J connectivity index is 1.98. The van der Waals surface area contributed by atoms with E-state index >= 15 is 0 Å². The fourth-order valence-electron chi connectivity index (χ4n) is 2.11. The average molecular weight is 325 g/mol. The van der Waals surface area contributed by atoms with E-state index in [0.29, 0.717) is 17.4 Å². The molecule has 0 amide bonds. The number of hydrogen-bond acceptors (Lipinski definition) is 4. The van der Waals surface area contributed by atoms with Crippen LogP contribution in [0, 0.1) is 11.8 Å². The van der Waals surface area contributed by atoms with E-state index in [2.05, 4.69) is 16.6 Å². The average Bonchev–Trinajstić information content (AvgIpc) is 2.52. The number of rotatable bonds is 4. The molecule has 1 aromatic carbocycles. The maximum absolute atomic E-state index is 12.2. The Bertz CT molecular complexity index is 609. The van der Waals surface area contributed by atoms with Crippen molar-refractivity contribution in [1.82, 2.24) is 4.72 Å². The molecule has 0 bridgehead atoms. The lowest BCUT2D eigenvalue weighted by Gasteiger charge is -2.21. The normalized spacial score (nSPS) is 18.8. The summed E-state index contributed by atoms with van der Waals surface area (Å²) < 4.78 is 27.1. The topological polar surface area (TPSA) is 66.4 Å². The second-order valence-electron chi connectivity index (χ2n) is 4.82. The van der Waals surface area contributed by atoms with Gasteiger partial charge in [-0.05, 0) is 42.9 Å². The number of aliphatic hydroxyl groups excluding tert-OH is 1. The zero-order valence-corrected chi connectivity index (χ0v) is 13.3. The standard InChI is InChI=1S/C15H19NO3S2/c17-10-3-4-13-6-8-15(9-7-13)21(18,19)16-12-14-5-1-2-11-20-14/h6-9,14,16-17H,1-2,5,10-12H2. The van der Waals surface area contributed by atoms with Gasteiger partial charge in [0.05, 0.1) is 4.90 Å². The van der Waals surface area contributed by atoms with Crippen LogP contribution in [0.5, 0.6) is 0 Å². The molecule has 1 unspecified atom stereocenters. The highest BCUT2D eigenvalue weighted by Gasteiger charge is 2.18. The molecule has 114 valence electrons. The lowest BCUT2D eigenvalue weighted by Crippen LogP contribution is -2.31. The molecule has 0 aromatic heterocycles. The van der Waals surface area contributed by atoms with Gasteiger partial charge in [-0.25, -0.2) is 13.1 Å². The van der Waals surface area contributed by atoms with E-state index in [9.17, 15) is 8.42 Å². The minimum Gasteiger partial charge on any atom is -0.384 e. The smallest absolute Gasteiger partial charge is 0.240 e. The number of thioether (sulfide) groups is 1. The molecule has 6 heteroatoms. The second kappa shape index (κ2) is 7.85. The van der Waals surface area contributed by atoms with Crippen molar-refractivity contribution in [3.8, 4) is 11.8 Å². The molecule has 1 aliphatic rings. The number of aliphatic hydroxyl groups is 1. The number of hydrogen-bond donors (Lipinski definition) is 2. The zero-order chi connectivity index (χ0) is 15.1. The Morgan fingerprint density at radius 1 is 1.29 bits per heavy atom. The minimum atomic E-state index is -3.46. The summed E-state index contributed by atoms with van der Waals surface area (Å²) in [6, 6.07) is 6.37. The van der Waals surface area contributed by atoms with Crippen LogP contribution < -0.4 is 4.72 Å². The molecule has 1 aliphatic heterocycles. The van der Waals surface area contributed by atoms with Crippen molar-refractivity contribution in [1.29, 1.82) is 0 Å². The molecule has 2 N–H and O–H groups in total. The lowest BCUT2D eigenvalue weighted by atomic mass is 10.2. The monoisotopic (exact) mass is 325 g/mol. The van der Waals surface area contributed by atoms with Gasteiger partial charge < -0.3 is 5.11 Å². The Morgan fingerprint density at radius 3 is 2.67 bits per heavy atom. The van der Waals surface area contributed by atoms with Crippen LogP contribution in [0.2, 0.25) is 0 Å². The molecule has 1 atom stereocenters. The quantitative estimate of drug-likeness (QED) is 0.825. The number of nitrogens with one attached hydrogen (secondary N) is 1. The molecule has 1 saturated heterocycles. The van der Waals surface area contributed by atoms with Crippen molar-refractivity contribution in [3.05, 3.63) is 29.8 Å². The first-order chi connectivity index (χ1) is 10.1. The molecule has 1 aromatic rings. The fourth-order valence-corrected chi connectivity index (χ4v) is 4.54. The van der Waals surface area contributed by atoms with Gasteiger partial charge in [-0.15, -0.1) is 0 Å². The van der Waals surface area contributed by atoms with E-state index in [1.807, 2.05) is 11.8 Å². The largest absolute Gasteiger partial charge is 0.384 e. The van der Waals surface area contributed by atoms with Crippen molar-refractivity contribution in [2.75, 3.05) is 18.9 Å². The maximum atomic E-state index is 12.2. The molecular weight excluding hydrogens is 306 g/mol. The predicted molar refractivity (Wildman–Crippen MR) is 85.7 cm³/mol. The third-order valence-electron chi connectivity index (χ3n) is 3.25. The highest BCUT2D eigenvalue weighted by atomic mass is 32.2. The first kappa shape index (κ1) is 16.4. The molecule has 0 aliphatic carbocycles. The van der Waals surface area contributed by atoms with E-state index in [-0.39, 0.29) is 11.5 Å². The molecule has 4 nitrogen and oxygen atoms in total. The summed E-state index contributed by atoms with van der Waals surface area (Å²) in [6.45, 7) is 0.278. The molecular formula is C15H19NO3S2. The molecule has 0 radical (unpaired) electrons. The summed E-state index contributed by atoms with van der Waals surface area (Å²) in [5, 5.41) is 9.00. The Labute approximate surface area is 130 Å². The van der Waals surface area contributed by atoms with E-state index < -0.39 is 10.0 Å². The van der Waals surface area contributed by atoms with E-state index in [1.165, 1.54) is 25.0 Å². The Morgan fingerprint density at radius 2 is 2.05 bits per heavy atom. The first-order valence-electron chi connectivity index (χ1n) is 6.93. The zero-order valence-electron chi connectivity index (χ0n) is 11.7. The van der Waals surface area contributed by atoms with Crippen LogP contribution in [0.4, 0.5) is 0 Å². The van der Waals surface area contributed by atoms with Crippen LogP contribution in [0.25, 0.3) is 0 Å². The van der Waals surface area contributed by atoms with Crippen LogP contribution in [-0.4, -0.2) is 37.7 Å². The van der Waals surface area contributed by atoms with Crippen molar-refractivity contribution in [3.63, 3.8) is 0 Å². The van der Waals surface area contributed by atoms with Crippen LogP contribution in [0.1, 0.15) is 24.8 Å². The van der Waals surface area contributed by atoms with E-state index in [1.54, 1.807) is 12.1 Å². The summed E-state index contributed by atoms with van der Waals surface area (Å²) in [7, 11) is -3.46. The molecule has 2 rings (SSSR count). The number of sulfonamides is 1. The van der Waals surface area contributed by atoms with Crippen molar-refractivity contribution in [2.45, 2.75) is 29.4 Å². The van der Waals surface area contributed by atoms with Crippen LogP contribution in [0.3, 0.4) is 0 Å². The Kier molecular flexibility index (Phi) is 6.12. The second-order valence-corrected chi connectivity index (χ2v) is 8.00. The van der Waals surface area contributed by atoms with Gasteiger partial charge in [0.2, 0.25) is 10.0 Å². The van der Waals surface area contributed by atoms with Gasteiger partial charge >= 0.3 is 0 Å². The molecule has 1 fully saturated rings. The summed E-state index contributed by atoms with van der Waals surface area (Å²) in [5.74, 6) is 6.38. The summed E-state index contributed by atoms with van der Waals surface area (Å²) in [4.78, 5) is 0.248. The molecule has 21 heavy (non-hydrogen) atoms. The van der Waals surface area contributed by atoms with Gasteiger partial charge in [0.25, 0.3) is 0 Å². The highest BCUT2D eigenvalue weighted by molar-refractivity contribution is 8.00. The summed E-state index contributed by atoms with van der Waals surface area (Å²) in [5.41, 5.74) is 0.686. The van der Waals surface area contributed by atoms with Crippen LogP contribution in [0.15, 0.2) is 29.2 Å². The lowest BCUT2D eigenvalue weighted by molar-refractivity contribution is 0.350. The SMILES string of the molecule is O=S(=O)(NCC1CCCCS1)c1ccc(C#CCO)cc1. The third-order valence-corrected chi connectivity index (χ3v) is 6.09. The number of benzene rings is 1. The van der Waals surface area contributed by atoms with Gasteiger partial charge in [0, 0.05) is 17.4 Å². The van der Waals surface area contributed by atoms with Crippen LogP contribution in [-0.2, 0) is 10.0 Å². The van der Waals surface area contributed by atoms with Gasteiger partial charge in [-0.1, -0.05) is 18.3 Å². The summed E-state index contributed by atoms with van der Waals surface area (Å²) in [6.07, 6.45) is 3.48. The van der Waals surface area contributed by atoms with Gasteiger partial charge in [-0.3, -0.25) is 0 Å². The predicted octanol–water partition coefficient (Wildman–Crippen LogP) is 1.59. The highest BCUT2D eigenvalue weighted by Crippen LogP contribution is 2.24. The van der Waals surface area contributed by atoms with Crippen molar-refractivity contribution in [2.24, 2.45) is 0 Å². The van der Waals surface area contributed by atoms with Gasteiger partial charge in [-0.2, -0.15) is 11.8 Å². The van der Waals surface area contributed by atoms with E-state index in [4.69, 9.17) is 5.11 Å². The first-order valence-corrected chi connectivity index (χ1v) is 9.46. The van der Waals surface area contributed by atoms with Gasteiger partial charge in [0.1, 0.15) is 6.61 Å². The summed E-state index contributed by atoms with van der Waals surface area (Å²) >= 11 is 1.84. The molecule has 1 heterocycles. The van der Waals surface area contributed by atoms with E-state index in [0.717, 1.165) is 12.2 Å². The minimum absolute atomic E-state index is 0.208. The maximum Gasteiger partial charge on any atom is 0.240 e. The Hall–Kier alpha value is -1.00. The third kappa shape index (κ3) is 5.04. The van der Waals surface area contributed by atoms with Gasteiger partial charge in [0.15, 0.2) is 0 Å². The van der Waals surface area contributed by atoms with Crippen LogP contribution >= 0.6 is 11.8 Å². The van der Waals surface area contributed by atoms with Crippen molar-refractivity contribution >= 4 is 21.8 Å². The fraction of sp³-hybridized carbons (Fsp3) is 0.467. The molecule has 0 saturated carbocycles.